The molecule has 0 aliphatic carbocycles. The van der Waals surface area contributed by atoms with Crippen LogP contribution in [0.1, 0.15) is 6.92 Å². The van der Waals surface area contributed by atoms with Crippen LogP contribution in [0.2, 0.25) is 0 Å². The monoisotopic (exact) mass is 115 g/mol. The van der Waals surface area contributed by atoms with E-state index >= 15 is 0 Å². The maximum atomic E-state index is 5.04. The lowest BCUT2D eigenvalue weighted by atomic mass is 10.6. The van der Waals surface area contributed by atoms with Crippen molar-refractivity contribution in [1.29, 1.82) is 0 Å². The number of hydrogen-bond acceptors (Lipinski definition) is 2. The average molecular weight is 115 g/mol. The van der Waals surface area contributed by atoms with E-state index in [4.69, 9.17) is 4.84 Å². The molecular formula is C6H13NO. The Morgan fingerprint density at radius 3 is 2.75 bits per heavy atom. The van der Waals surface area contributed by atoms with Gasteiger partial charge in [0.05, 0.1) is 6.61 Å². The number of rotatable bonds is 4. The fourth-order valence-electron chi connectivity index (χ4n) is 0.455. The number of nitrogens with zero attached hydrogens (tertiary/aromatic N) is 1. The van der Waals surface area contributed by atoms with Crippen molar-refractivity contribution in [2.45, 2.75) is 6.92 Å². The quantitative estimate of drug-likeness (QED) is 0.401. The standard InChI is InChI=1S/C6H13NO/c1-4-6-7(3)8-5-2/h4H,1,5-6H2,2-3H3. The van der Waals surface area contributed by atoms with Crippen LogP contribution in [0.25, 0.3) is 0 Å². The van der Waals surface area contributed by atoms with Gasteiger partial charge in [-0.1, -0.05) is 6.08 Å². The van der Waals surface area contributed by atoms with Crippen molar-refractivity contribution in [3.8, 4) is 0 Å². The SMILES string of the molecule is C=CCN(C)OCC. The van der Waals surface area contributed by atoms with Crippen LogP contribution in [0.5, 0.6) is 0 Å². The van der Waals surface area contributed by atoms with Crippen molar-refractivity contribution in [2.75, 3.05) is 20.2 Å². The molecule has 0 amide bonds. The summed E-state index contributed by atoms with van der Waals surface area (Å²) in [4.78, 5) is 5.04. The van der Waals surface area contributed by atoms with Gasteiger partial charge in [0.2, 0.25) is 0 Å². The summed E-state index contributed by atoms with van der Waals surface area (Å²) in [7, 11) is 1.88. The van der Waals surface area contributed by atoms with Crippen molar-refractivity contribution in [3.63, 3.8) is 0 Å². The summed E-state index contributed by atoms with van der Waals surface area (Å²) in [6.45, 7) is 7.03. The summed E-state index contributed by atoms with van der Waals surface area (Å²) >= 11 is 0. The Morgan fingerprint density at radius 1 is 1.75 bits per heavy atom. The molecule has 0 saturated heterocycles. The Kier molecular flexibility index (Phi) is 4.61. The first-order chi connectivity index (χ1) is 3.81. The molecule has 0 aromatic heterocycles. The number of hydroxylamine groups is 2. The van der Waals surface area contributed by atoms with E-state index in [9.17, 15) is 0 Å². The lowest BCUT2D eigenvalue weighted by Gasteiger charge is -2.11. The zero-order valence-corrected chi connectivity index (χ0v) is 5.55. The summed E-state index contributed by atoms with van der Waals surface area (Å²) < 4.78 is 0. The summed E-state index contributed by atoms with van der Waals surface area (Å²) in [5.74, 6) is 0. The highest BCUT2D eigenvalue weighted by atomic mass is 16.7. The lowest BCUT2D eigenvalue weighted by Crippen LogP contribution is -2.18. The highest BCUT2D eigenvalue weighted by molar-refractivity contribution is 4.67. The average Bonchev–Trinajstić information content (AvgIpc) is 1.68. The Hall–Kier alpha value is -0.340. The van der Waals surface area contributed by atoms with Gasteiger partial charge < -0.3 is 0 Å². The number of hydrogen-bond donors (Lipinski definition) is 0. The van der Waals surface area contributed by atoms with E-state index in [1.54, 1.807) is 11.1 Å². The van der Waals surface area contributed by atoms with Crippen molar-refractivity contribution in [2.24, 2.45) is 0 Å². The van der Waals surface area contributed by atoms with Crippen molar-refractivity contribution >= 4 is 0 Å². The molecule has 0 aromatic rings. The maximum absolute atomic E-state index is 5.04. The molecule has 2 heteroatoms. The van der Waals surface area contributed by atoms with E-state index in [-0.39, 0.29) is 0 Å². The van der Waals surface area contributed by atoms with Crippen molar-refractivity contribution in [1.82, 2.24) is 5.06 Å². The van der Waals surface area contributed by atoms with Crippen LogP contribution in [0, 0.1) is 0 Å². The maximum Gasteiger partial charge on any atom is 0.0656 e. The van der Waals surface area contributed by atoms with E-state index in [1.165, 1.54) is 0 Å². The molecule has 0 aromatic carbocycles. The summed E-state index contributed by atoms with van der Waals surface area (Å²) in [6.07, 6.45) is 1.80. The summed E-state index contributed by atoms with van der Waals surface area (Å²) in [5.41, 5.74) is 0. The fraction of sp³-hybridized carbons (Fsp3) is 0.667. The Morgan fingerprint density at radius 2 is 2.38 bits per heavy atom. The van der Waals surface area contributed by atoms with Crippen molar-refractivity contribution < 1.29 is 4.84 Å². The van der Waals surface area contributed by atoms with Gasteiger partial charge in [-0.05, 0) is 6.92 Å². The smallest absolute Gasteiger partial charge is 0.0656 e. The van der Waals surface area contributed by atoms with Gasteiger partial charge in [0.15, 0.2) is 0 Å². The zero-order valence-electron chi connectivity index (χ0n) is 5.55. The zero-order chi connectivity index (χ0) is 6.41. The normalized spacial score (nSPS) is 9.88. The second-order valence-corrected chi connectivity index (χ2v) is 1.52. The molecule has 0 bridgehead atoms. The molecule has 0 spiro atoms. The minimum atomic E-state index is 0.727. The Bertz CT molecular complexity index is 63.5. The number of likely N-dealkylation sites (N-methyl/N-ethyl adjacent to an activating group) is 1. The predicted molar refractivity (Wildman–Crippen MR) is 34.5 cm³/mol. The minimum Gasteiger partial charge on any atom is -0.299 e. The molecule has 0 rings (SSSR count). The molecule has 0 radical (unpaired) electrons. The largest absolute Gasteiger partial charge is 0.299 e. The Labute approximate surface area is 50.7 Å². The lowest BCUT2D eigenvalue weighted by molar-refractivity contribution is -0.126. The van der Waals surface area contributed by atoms with E-state index in [0.717, 1.165) is 13.2 Å². The second-order valence-electron chi connectivity index (χ2n) is 1.52. The molecule has 0 unspecified atom stereocenters. The van der Waals surface area contributed by atoms with Gasteiger partial charge in [0.25, 0.3) is 0 Å². The van der Waals surface area contributed by atoms with Gasteiger partial charge >= 0.3 is 0 Å². The van der Waals surface area contributed by atoms with E-state index < -0.39 is 0 Å². The highest BCUT2D eigenvalue weighted by Gasteiger charge is 1.88. The second kappa shape index (κ2) is 4.81. The minimum absolute atomic E-state index is 0.727. The molecular weight excluding hydrogens is 102 g/mol. The molecule has 0 fully saturated rings. The van der Waals surface area contributed by atoms with Crippen LogP contribution in [-0.4, -0.2) is 25.3 Å². The first-order valence-electron chi connectivity index (χ1n) is 2.76. The van der Waals surface area contributed by atoms with Gasteiger partial charge in [-0.3, -0.25) is 4.84 Å². The van der Waals surface area contributed by atoms with Crippen LogP contribution in [-0.2, 0) is 4.84 Å². The first-order valence-corrected chi connectivity index (χ1v) is 2.76. The molecule has 0 saturated carbocycles. The van der Waals surface area contributed by atoms with Gasteiger partial charge in [-0.2, -0.15) is 5.06 Å². The topological polar surface area (TPSA) is 12.5 Å². The summed E-state index contributed by atoms with van der Waals surface area (Å²) in [5, 5.41) is 1.74. The molecule has 8 heavy (non-hydrogen) atoms. The van der Waals surface area contributed by atoms with Crippen molar-refractivity contribution in [3.05, 3.63) is 12.7 Å². The predicted octanol–water partition coefficient (Wildman–Crippen LogP) is 1.06. The third kappa shape index (κ3) is 3.84. The first kappa shape index (κ1) is 7.66. The third-order valence-electron chi connectivity index (χ3n) is 0.736. The fourth-order valence-corrected chi connectivity index (χ4v) is 0.455. The van der Waals surface area contributed by atoms with Gasteiger partial charge in [0, 0.05) is 13.6 Å². The van der Waals surface area contributed by atoms with Crippen LogP contribution in [0.3, 0.4) is 0 Å². The van der Waals surface area contributed by atoms with E-state index in [1.807, 2.05) is 14.0 Å². The van der Waals surface area contributed by atoms with Gasteiger partial charge in [-0.25, -0.2) is 0 Å². The van der Waals surface area contributed by atoms with Gasteiger partial charge in [-0.15, -0.1) is 6.58 Å². The van der Waals surface area contributed by atoms with E-state index in [0.29, 0.717) is 0 Å². The molecule has 48 valence electrons. The van der Waals surface area contributed by atoms with Crippen LogP contribution in [0.4, 0.5) is 0 Å². The third-order valence-corrected chi connectivity index (χ3v) is 0.736. The highest BCUT2D eigenvalue weighted by Crippen LogP contribution is 1.82. The molecule has 2 nitrogen and oxygen atoms in total. The molecule has 0 N–H and O–H groups in total. The van der Waals surface area contributed by atoms with Crippen LogP contribution >= 0.6 is 0 Å². The molecule has 0 aliphatic rings. The molecule has 0 atom stereocenters. The summed E-state index contributed by atoms with van der Waals surface area (Å²) in [6, 6.07) is 0. The molecule has 0 heterocycles. The van der Waals surface area contributed by atoms with Gasteiger partial charge in [0.1, 0.15) is 0 Å². The van der Waals surface area contributed by atoms with Crippen LogP contribution in [0.15, 0.2) is 12.7 Å². The van der Waals surface area contributed by atoms with Crippen LogP contribution < -0.4 is 0 Å². The Balaban J connectivity index is 3.03. The van der Waals surface area contributed by atoms with E-state index in [2.05, 4.69) is 6.58 Å². The molecule has 0 aliphatic heterocycles.